The van der Waals surface area contributed by atoms with Crippen LogP contribution in [0, 0.1) is 0 Å². The third-order valence-corrected chi connectivity index (χ3v) is 5.77. The number of thioether (sulfide) groups is 2. The van der Waals surface area contributed by atoms with Crippen LogP contribution < -0.4 is 0 Å². The van der Waals surface area contributed by atoms with E-state index in [0.717, 1.165) is 13.1 Å². The second-order valence-corrected chi connectivity index (χ2v) is 7.88. The molecule has 0 aliphatic carbocycles. The van der Waals surface area contributed by atoms with Crippen LogP contribution in [0.2, 0.25) is 0 Å². The first-order chi connectivity index (χ1) is 9.90. The molecule has 0 spiro atoms. The summed E-state index contributed by atoms with van der Waals surface area (Å²) >= 11 is 4.14. The van der Waals surface area contributed by atoms with Crippen molar-refractivity contribution in [1.29, 1.82) is 0 Å². The van der Waals surface area contributed by atoms with Gasteiger partial charge in [0.25, 0.3) is 0 Å². The molecule has 20 heavy (non-hydrogen) atoms. The molecule has 1 aromatic heterocycles. The standard InChI is InChI=1S/C15H23N3S2/c1-2-16-15(13-18-5-9-20-10-6-18)11-14(1)12-17-3-7-19-8-4-17/h1-2,11H,3-10,12-13H2. The van der Waals surface area contributed by atoms with Gasteiger partial charge in [0.1, 0.15) is 0 Å². The minimum Gasteiger partial charge on any atom is -0.297 e. The SMILES string of the molecule is c1cc(CN2CCSCC2)cc(CN2CCSCC2)n1. The molecule has 5 heteroatoms. The van der Waals surface area contributed by atoms with Crippen molar-refractivity contribution in [3.8, 4) is 0 Å². The molecule has 110 valence electrons. The largest absolute Gasteiger partial charge is 0.297 e. The van der Waals surface area contributed by atoms with E-state index in [0.29, 0.717) is 0 Å². The van der Waals surface area contributed by atoms with Crippen molar-refractivity contribution in [2.24, 2.45) is 0 Å². The molecule has 3 nitrogen and oxygen atoms in total. The summed E-state index contributed by atoms with van der Waals surface area (Å²) in [6.07, 6.45) is 1.99. The van der Waals surface area contributed by atoms with E-state index in [1.165, 1.54) is 60.4 Å². The maximum absolute atomic E-state index is 4.56. The van der Waals surface area contributed by atoms with Crippen LogP contribution in [0.15, 0.2) is 18.3 Å². The quantitative estimate of drug-likeness (QED) is 0.846. The molecular formula is C15H23N3S2. The zero-order valence-corrected chi connectivity index (χ0v) is 13.6. The second-order valence-electron chi connectivity index (χ2n) is 5.43. The van der Waals surface area contributed by atoms with E-state index >= 15 is 0 Å². The Labute approximate surface area is 130 Å². The summed E-state index contributed by atoms with van der Waals surface area (Å²) in [5, 5.41) is 0. The lowest BCUT2D eigenvalue weighted by atomic mass is 10.2. The van der Waals surface area contributed by atoms with E-state index in [-0.39, 0.29) is 0 Å². The fourth-order valence-corrected chi connectivity index (χ4v) is 4.68. The average molecular weight is 310 g/mol. The summed E-state index contributed by atoms with van der Waals surface area (Å²) < 4.78 is 0. The van der Waals surface area contributed by atoms with Crippen LogP contribution in [-0.2, 0) is 13.1 Å². The molecule has 3 rings (SSSR count). The Balaban J connectivity index is 1.57. The first kappa shape index (κ1) is 14.7. The number of aromatic nitrogens is 1. The van der Waals surface area contributed by atoms with E-state index in [1.54, 1.807) is 0 Å². The summed E-state index contributed by atoms with van der Waals surface area (Å²) in [6.45, 7) is 6.98. The van der Waals surface area contributed by atoms with Gasteiger partial charge in [0, 0.05) is 68.5 Å². The van der Waals surface area contributed by atoms with Crippen LogP contribution in [0.4, 0.5) is 0 Å². The Bertz CT molecular complexity index is 380. The van der Waals surface area contributed by atoms with Gasteiger partial charge in [0.15, 0.2) is 0 Å². The number of hydrogen-bond acceptors (Lipinski definition) is 5. The summed E-state index contributed by atoms with van der Waals surface area (Å²) in [4.78, 5) is 9.65. The fraction of sp³-hybridized carbons (Fsp3) is 0.667. The Morgan fingerprint density at radius 3 is 2.15 bits per heavy atom. The second kappa shape index (κ2) is 7.69. The molecule has 0 bridgehead atoms. The van der Waals surface area contributed by atoms with Gasteiger partial charge in [-0.25, -0.2) is 0 Å². The number of hydrogen-bond donors (Lipinski definition) is 0. The molecule has 2 aliphatic heterocycles. The van der Waals surface area contributed by atoms with E-state index < -0.39 is 0 Å². The lowest BCUT2D eigenvalue weighted by Crippen LogP contribution is -2.33. The minimum absolute atomic E-state index is 1.02. The van der Waals surface area contributed by atoms with Crippen molar-refractivity contribution in [2.45, 2.75) is 13.1 Å². The Morgan fingerprint density at radius 2 is 1.50 bits per heavy atom. The highest BCUT2D eigenvalue weighted by Gasteiger charge is 2.13. The number of rotatable bonds is 4. The molecule has 2 fully saturated rings. The normalized spacial score (nSPS) is 22.0. The fourth-order valence-electron chi connectivity index (χ4n) is 2.72. The molecule has 0 aromatic carbocycles. The molecule has 0 unspecified atom stereocenters. The van der Waals surface area contributed by atoms with Gasteiger partial charge in [0.05, 0.1) is 5.69 Å². The highest BCUT2D eigenvalue weighted by atomic mass is 32.2. The van der Waals surface area contributed by atoms with Gasteiger partial charge in [-0.2, -0.15) is 23.5 Å². The van der Waals surface area contributed by atoms with Gasteiger partial charge < -0.3 is 0 Å². The molecule has 0 saturated carbocycles. The molecule has 1 aromatic rings. The van der Waals surface area contributed by atoms with E-state index in [1.807, 2.05) is 6.20 Å². The average Bonchev–Trinajstić information content (AvgIpc) is 2.50. The summed E-state index contributed by atoms with van der Waals surface area (Å²) in [5.41, 5.74) is 2.66. The van der Waals surface area contributed by atoms with E-state index in [4.69, 9.17) is 0 Å². The summed E-state index contributed by atoms with van der Waals surface area (Å²) in [5.74, 6) is 5.10. The number of nitrogens with zero attached hydrogens (tertiary/aromatic N) is 3. The van der Waals surface area contributed by atoms with Crippen molar-refractivity contribution in [1.82, 2.24) is 14.8 Å². The van der Waals surface area contributed by atoms with Crippen LogP contribution >= 0.6 is 23.5 Å². The highest BCUT2D eigenvalue weighted by Crippen LogP contribution is 2.15. The van der Waals surface area contributed by atoms with Gasteiger partial charge in [-0.3, -0.25) is 14.8 Å². The smallest absolute Gasteiger partial charge is 0.0547 e. The zero-order chi connectivity index (χ0) is 13.6. The Hall–Kier alpha value is -0.230. The Kier molecular flexibility index (Phi) is 5.65. The van der Waals surface area contributed by atoms with E-state index in [2.05, 4.69) is 50.4 Å². The topological polar surface area (TPSA) is 19.4 Å². The first-order valence-electron chi connectivity index (χ1n) is 7.44. The predicted octanol–water partition coefficient (Wildman–Crippen LogP) is 2.18. The van der Waals surface area contributed by atoms with Crippen LogP contribution in [0.25, 0.3) is 0 Å². The monoisotopic (exact) mass is 309 g/mol. The van der Waals surface area contributed by atoms with Crippen molar-refractivity contribution in [3.63, 3.8) is 0 Å². The van der Waals surface area contributed by atoms with Crippen LogP contribution in [-0.4, -0.2) is 64.0 Å². The van der Waals surface area contributed by atoms with E-state index in [9.17, 15) is 0 Å². The molecule has 2 saturated heterocycles. The lowest BCUT2D eigenvalue weighted by Gasteiger charge is -2.27. The van der Waals surface area contributed by atoms with Crippen molar-refractivity contribution >= 4 is 23.5 Å². The van der Waals surface area contributed by atoms with Gasteiger partial charge >= 0.3 is 0 Å². The molecular weight excluding hydrogens is 286 g/mol. The summed E-state index contributed by atoms with van der Waals surface area (Å²) in [6, 6.07) is 4.49. The first-order valence-corrected chi connectivity index (χ1v) is 9.75. The molecule has 0 N–H and O–H groups in total. The molecule has 3 heterocycles. The van der Waals surface area contributed by atoms with Gasteiger partial charge in [-0.1, -0.05) is 0 Å². The van der Waals surface area contributed by atoms with Crippen LogP contribution in [0.5, 0.6) is 0 Å². The van der Waals surface area contributed by atoms with Gasteiger partial charge in [-0.15, -0.1) is 0 Å². The molecule has 2 aliphatic rings. The summed E-state index contributed by atoms with van der Waals surface area (Å²) in [7, 11) is 0. The molecule has 0 atom stereocenters. The third-order valence-electron chi connectivity index (χ3n) is 3.88. The zero-order valence-electron chi connectivity index (χ0n) is 12.0. The maximum Gasteiger partial charge on any atom is 0.0547 e. The minimum atomic E-state index is 1.02. The van der Waals surface area contributed by atoms with Crippen molar-refractivity contribution in [3.05, 3.63) is 29.6 Å². The predicted molar refractivity (Wildman–Crippen MR) is 89.4 cm³/mol. The maximum atomic E-state index is 4.56. The lowest BCUT2D eigenvalue weighted by molar-refractivity contribution is 0.287. The third kappa shape index (κ3) is 4.38. The molecule has 0 amide bonds. The van der Waals surface area contributed by atoms with Gasteiger partial charge in [0.2, 0.25) is 0 Å². The van der Waals surface area contributed by atoms with Crippen molar-refractivity contribution < 1.29 is 0 Å². The Morgan fingerprint density at radius 1 is 0.900 bits per heavy atom. The van der Waals surface area contributed by atoms with Crippen LogP contribution in [0.3, 0.4) is 0 Å². The van der Waals surface area contributed by atoms with Gasteiger partial charge in [-0.05, 0) is 17.7 Å². The van der Waals surface area contributed by atoms with Crippen LogP contribution in [0.1, 0.15) is 11.3 Å². The van der Waals surface area contributed by atoms with Crippen molar-refractivity contribution in [2.75, 3.05) is 49.2 Å². The number of pyridine rings is 1. The molecule has 0 radical (unpaired) electrons. The highest BCUT2D eigenvalue weighted by molar-refractivity contribution is 7.99.